The minimum absolute atomic E-state index is 0.403. The molecule has 1 atom stereocenters. The van der Waals surface area contributed by atoms with Gasteiger partial charge in [-0.25, -0.2) is 0 Å². The predicted molar refractivity (Wildman–Crippen MR) is 81.0 cm³/mol. The highest BCUT2D eigenvalue weighted by Crippen LogP contribution is 2.04. The highest BCUT2D eigenvalue weighted by atomic mass is 15.3. The second-order valence-corrected chi connectivity index (χ2v) is 5.23. The van der Waals surface area contributed by atoms with Crippen LogP contribution in [0.4, 0.5) is 0 Å². The summed E-state index contributed by atoms with van der Waals surface area (Å²) in [5.74, 6) is 1.02. The van der Waals surface area contributed by atoms with E-state index in [-0.39, 0.29) is 0 Å². The van der Waals surface area contributed by atoms with Crippen molar-refractivity contribution in [1.82, 2.24) is 29.7 Å². The van der Waals surface area contributed by atoms with Crippen LogP contribution in [0.5, 0.6) is 0 Å². The van der Waals surface area contributed by atoms with E-state index in [0.717, 1.165) is 37.4 Å². The number of hydrogen-bond acceptors (Lipinski definition) is 4. The summed E-state index contributed by atoms with van der Waals surface area (Å²) in [6, 6.07) is 8.31. The smallest absolute Gasteiger partial charge is 0.160 e. The van der Waals surface area contributed by atoms with Crippen LogP contribution in [-0.2, 0) is 13.0 Å². The summed E-state index contributed by atoms with van der Waals surface area (Å²) in [7, 11) is 0. The Morgan fingerprint density at radius 1 is 1.19 bits per heavy atom. The lowest BCUT2D eigenvalue weighted by Gasteiger charge is -2.13. The molecule has 3 heterocycles. The van der Waals surface area contributed by atoms with E-state index >= 15 is 0 Å². The fourth-order valence-corrected chi connectivity index (χ4v) is 2.41. The molecule has 6 heteroatoms. The van der Waals surface area contributed by atoms with Crippen molar-refractivity contribution in [2.24, 2.45) is 0 Å². The van der Waals surface area contributed by atoms with Gasteiger partial charge in [0.2, 0.25) is 0 Å². The van der Waals surface area contributed by atoms with Gasteiger partial charge >= 0.3 is 0 Å². The summed E-state index contributed by atoms with van der Waals surface area (Å²) < 4.78 is 4.00. The van der Waals surface area contributed by atoms with Crippen LogP contribution in [0.25, 0.3) is 5.65 Å². The van der Waals surface area contributed by atoms with E-state index in [1.807, 2.05) is 51.9 Å². The molecular weight excluding hydrogens is 264 g/mol. The Hall–Kier alpha value is -2.21. The van der Waals surface area contributed by atoms with Crippen LogP contribution < -0.4 is 5.32 Å². The van der Waals surface area contributed by atoms with Crippen molar-refractivity contribution in [2.75, 3.05) is 6.54 Å². The van der Waals surface area contributed by atoms with Gasteiger partial charge in [-0.1, -0.05) is 6.07 Å². The van der Waals surface area contributed by atoms with Crippen LogP contribution in [0, 0.1) is 0 Å². The fourth-order valence-electron chi connectivity index (χ4n) is 2.41. The summed E-state index contributed by atoms with van der Waals surface area (Å²) in [5.41, 5.74) is 0.910. The van der Waals surface area contributed by atoms with Crippen molar-refractivity contribution in [3.8, 4) is 0 Å². The quantitative estimate of drug-likeness (QED) is 0.669. The average molecular weight is 284 g/mol. The lowest BCUT2D eigenvalue weighted by molar-refractivity contribution is 0.447. The van der Waals surface area contributed by atoms with Crippen molar-refractivity contribution in [3.63, 3.8) is 0 Å². The summed E-state index contributed by atoms with van der Waals surface area (Å²) in [5, 5.41) is 16.1. The molecule has 0 amide bonds. The molecule has 0 spiro atoms. The lowest BCUT2D eigenvalue weighted by atomic mass is 10.2. The van der Waals surface area contributed by atoms with E-state index in [9.17, 15) is 0 Å². The van der Waals surface area contributed by atoms with Crippen molar-refractivity contribution < 1.29 is 0 Å². The van der Waals surface area contributed by atoms with Gasteiger partial charge in [0.1, 0.15) is 5.82 Å². The first-order valence-electron chi connectivity index (χ1n) is 7.32. The minimum atomic E-state index is 0.403. The van der Waals surface area contributed by atoms with E-state index < -0.39 is 0 Å². The Morgan fingerprint density at radius 3 is 3.00 bits per heavy atom. The molecule has 3 rings (SSSR count). The monoisotopic (exact) mass is 284 g/mol. The van der Waals surface area contributed by atoms with E-state index in [1.54, 1.807) is 0 Å². The van der Waals surface area contributed by atoms with E-state index in [1.165, 1.54) is 0 Å². The Morgan fingerprint density at radius 2 is 2.14 bits per heavy atom. The van der Waals surface area contributed by atoms with E-state index in [4.69, 9.17) is 0 Å². The first-order chi connectivity index (χ1) is 10.3. The molecule has 110 valence electrons. The van der Waals surface area contributed by atoms with Gasteiger partial charge in [0.15, 0.2) is 5.65 Å². The number of rotatable bonds is 7. The topological polar surface area (TPSA) is 60.0 Å². The van der Waals surface area contributed by atoms with Gasteiger partial charge in [-0.3, -0.25) is 9.08 Å². The number of nitrogens with one attached hydrogen (secondary N) is 1. The largest absolute Gasteiger partial charge is 0.312 e. The third kappa shape index (κ3) is 3.46. The second kappa shape index (κ2) is 6.49. The number of pyridine rings is 1. The Bertz CT molecular complexity index is 672. The lowest BCUT2D eigenvalue weighted by Crippen LogP contribution is -2.31. The van der Waals surface area contributed by atoms with Crippen molar-refractivity contribution in [2.45, 2.75) is 32.4 Å². The molecule has 6 nitrogen and oxygen atoms in total. The molecule has 0 radical (unpaired) electrons. The molecule has 0 aliphatic heterocycles. The molecule has 0 aromatic carbocycles. The molecule has 0 saturated carbocycles. The van der Waals surface area contributed by atoms with Crippen LogP contribution in [0.2, 0.25) is 0 Å². The Kier molecular flexibility index (Phi) is 4.25. The molecule has 0 bridgehead atoms. The van der Waals surface area contributed by atoms with Crippen LogP contribution in [0.3, 0.4) is 0 Å². The van der Waals surface area contributed by atoms with E-state index in [2.05, 4.69) is 27.5 Å². The maximum absolute atomic E-state index is 4.24. The standard InChI is InChI=1S/C15H20N6/c1-13(12-20-10-5-9-17-20)16-8-4-7-15-19-18-14-6-2-3-11-21(14)15/h2-3,5-6,9-11,13,16H,4,7-8,12H2,1H3/t13-/m0/s1. The summed E-state index contributed by atoms with van der Waals surface area (Å²) in [4.78, 5) is 0. The van der Waals surface area contributed by atoms with Crippen LogP contribution in [-0.4, -0.2) is 37.0 Å². The SMILES string of the molecule is C[C@@H](Cn1cccn1)NCCCc1nnc2ccccn12. The van der Waals surface area contributed by atoms with Crippen LogP contribution >= 0.6 is 0 Å². The van der Waals surface area contributed by atoms with Gasteiger partial charge in [-0.2, -0.15) is 5.10 Å². The maximum atomic E-state index is 4.24. The molecule has 0 unspecified atom stereocenters. The number of fused-ring (bicyclic) bond motifs is 1. The first-order valence-corrected chi connectivity index (χ1v) is 7.32. The minimum Gasteiger partial charge on any atom is -0.312 e. The van der Waals surface area contributed by atoms with Gasteiger partial charge in [0.25, 0.3) is 0 Å². The number of aromatic nitrogens is 5. The predicted octanol–water partition coefficient (Wildman–Crippen LogP) is 1.54. The maximum Gasteiger partial charge on any atom is 0.160 e. The van der Waals surface area contributed by atoms with Gasteiger partial charge in [0, 0.05) is 31.1 Å². The molecule has 0 saturated heterocycles. The molecule has 0 fully saturated rings. The second-order valence-electron chi connectivity index (χ2n) is 5.23. The normalized spacial score (nSPS) is 12.8. The van der Waals surface area contributed by atoms with Crippen molar-refractivity contribution in [1.29, 1.82) is 0 Å². The zero-order chi connectivity index (χ0) is 14.5. The molecule has 1 N–H and O–H groups in total. The van der Waals surface area contributed by atoms with Gasteiger partial charge in [-0.05, 0) is 38.1 Å². The fraction of sp³-hybridized carbons (Fsp3) is 0.400. The number of hydrogen-bond donors (Lipinski definition) is 1. The summed E-state index contributed by atoms with van der Waals surface area (Å²) >= 11 is 0. The molecule has 0 aliphatic carbocycles. The van der Waals surface area contributed by atoms with Gasteiger partial charge < -0.3 is 5.32 Å². The molecular formula is C15H20N6. The highest BCUT2D eigenvalue weighted by Gasteiger charge is 2.05. The Labute approximate surface area is 123 Å². The molecule has 3 aromatic heterocycles. The summed E-state index contributed by atoms with van der Waals surface area (Å²) in [6.07, 6.45) is 7.77. The van der Waals surface area contributed by atoms with E-state index in [0.29, 0.717) is 6.04 Å². The molecule has 0 aliphatic rings. The van der Waals surface area contributed by atoms with Crippen molar-refractivity contribution >= 4 is 5.65 Å². The number of aryl methyl sites for hydroxylation is 1. The zero-order valence-electron chi connectivity index (χ0n) is 12.2. The van der Waals surface area contributed by atoms with Crippen molar-refractivity contribution in [3.05, 3.63) is 48.7 Å². The highest BCUT2D eigenvalue weighted by molar-refractivity contribution is 5.36. The molecule has 3 aromatic rings. The third-order valence-corrected chi connectivity index (χ3v) is 3.47. The van der Waals surface area contributed by atoms with Crippen LogP contribution in [0.15, 0.2) is 42.9 Å². The van der Waals surface area contributed by atoms with Gasteiger partial charge in [-0.15, -0.1) is 10.2 Å². The zero-order valence-corrected chi connectivity index (χ0v) is 12.2. The van der Waals surface area contributed by atoms with Gasteiger partial charge in [0.05, 0.1) is 6.54 Å². The molecule has 21 heavy (non-hydrogen) atoms. The summed E-state index contributed by atoms with van der Waals surface area (Å²) in [6.45, 7) is 4.03. The number of nitrogens with zero attached hydrogens (tertiary/aromatic N) is 5. The third-order valence-electron chi connectivity index (χ3n) is 3.47. The van der Waals surface area contributed by atoms with Crippen LogP contribution in [0.1, 0.15) is 19.2 Å². The Balaban J connectivity index is 1.44. The first kappa shape index (κ1) is 13.8. The average Bonchev–Trinajstić information content (AvgIpc) is 3.13.